The van der Waals surface area contributed by atoms with Crippen molar-refractivity contribution < 1.29 is 78.0 Å². The van der Waals surface area contributed by atoms with Crippen LogP contribution in [0.2, 0.25) is 0 Å². The molecule has 0 unspecified atom stereocenters. The number of benzene rings is 2. The van der Waals surface area contributed by atoms with Gasteiger partial charge in [0, 0.05) is 23.3 Å². The first-order valence-electron chi connectivity index (χ1n) is 29.6. The maximum absolute atomic E-state index is 11.9. The molecule has 0 aromatic heterocycles. The largest absolute Gasteiger partial charge is 2.00 e. The maximum atomic E-state index is 11.9. The van der Waals surface area contributed by atoms with Gasteiger partial charge in [0.05, 0.1) is 0 Å². The molecule has 0 atom stereocenters. The molecule has 0 aliphatic rings. The second kappa shape index (κ2) is 56.0. The van der Waals surface area contributed by atoms with E-state index in [0.717, 1.165) is 70.2 Å². The average molecular weight is 1280 g/mol. The van der Waals surface area contributed by atoms with Crippen molar-refractivity contribution in [2.75, 3.05) is 0 Å². The van der Waals surface area contributed by atoms with Gasteiger partial charge in [-0.1, -0.05) is 283 Å². The van der Waals surface area contributed by atoms with Crippen molar-refractivity contribution in [3.8, 4) is 0 Å². The number of unbranched alkanes of at least 4 members (excludes halogenated alkanes) is 36. The van der Waals surface area contributed by atoms with Gasteiger partial charge in [-0.3, -0.25) is 0 Å². The molecular weight excluding hydrogens is 1170 g/mol. The van der Waals surface area contributed by atoms with Gasteiger partial charge in [0.2, 0.25) is 9.79 Å². The first-order chi connectivity index (χ1) is 34.0. The van der Waals surface area contributed by atoms with Crippen LogP contribution in [0.3, 0.4) is 0 Å². The van der Waals surface area contributed by atoms with Crippen molar-refractivity contribution >= 4 is 57.8 Å². The zero-order chi connectivity index (χ0) is 51.2. The van der Waals surface area contributed by atoms with E-state index in [0.29, 0.717) is 0 Å². The summed E-state index contributed by atoms with van der Waals surface area (Å²) in [6, 6.07) is 12.4. The Labute approximate surface area is 509 Å². The molecule has 0 saturated heterocycles. The number of hydrogen-bond donors (Lipinski definition) is 0. The van der Waals surface area contributed by atoms with Crippen molar-refractivity contribution in [2.45, 2.75) is 320 Å². The molecule has 13 heteroatoms. The van der Waals surface area contributed by atoms with Gasteiger partial charge in [-0.15, -0.1) is 11.4 Å². The Morgan fingerprint density at radius 3 is 0.699 bits per heavy atom. The Bertz CT molecular complexity index is 1490. The van der Waals surface area contributed by atoms with Crippen LogP contribution < -0.4 is 19.6 Å². The van der Waals surface area contributed by atoms with Crippen LogP contribution in [0.1, 0.15) is 307 Å². The Hall–Kier alpha value is 2.15. The van der Waals surface area contributed by atoms with Gasteiger partial charge in [-0.2, -0.15) is 0 Å². The van der Waals surface area contributed by atoms with Gasteiger partial charge in [0.15, 0.2) is 0 Å². The Balaban J connectivity index is -0.00000129. The zero-order valence-electron chi connectivity index (χ0n) is 47.9. The van der Waals surface area contributed by atoms with Gasteiger partial charge in [-0.25, -0.2) is 0 Å². The molecule has 2 aromatic rings. The van der Waals surface area contributed by atoms with Crippen LogP contribution >= 0.6 is 11.4 Å². The van der Waals surface area contributed by atoms with Crippen molar-refractivity contribution in [3.63, 3.8) is 0 Å². The van der Waals surface area contributed by atoms with E-state index in [-0.39, 0.29) is 58.4 Å². The Morgan fingerprint density at radius 2 is 0.493 bits per heavy atom. The summed E-state index contributed by atoms with van der Waals surface area (Å²) in [5, 5.41) is 0. The molecule has 408 valence electrons. The molecule has 2 rings (SSSR count). The molecular formula is C60H106O4P2S4Zn3+2. The van der Waals surface area contributed by atoms with Crippen LogP contribution in [-0.4, -0.2) is 0 Å². The van der Waals surface area contributed by atoms with Gasteiger partial charge < -0.3 is 44.1 Å². The second-order valence-corrected chi connectivity index (χ2v) is 31.9. The molecule has 0 aliphatic carbocycles. The number of rotatable bonds is 46. The van der Waals surface area contributed by atoms with E-state index < -0.39 is 11.4 Å². The molecule has 0 amide bonds. The van der Waals surface area contributed by atoms with Crippen LogP contribution in [0, 0.1) is 0 Å². The summed E-state index contributed by atoms with van der Waals surface area (Å²) in [6.07, 6.45) is 57.2. The molecule has 0 fully saturated rings. The Kier molecular flexibility index (Phi) is 60.9. The fraction of sp³-hybridized carbons (Fsp3) is 0.800. The predicted octanol–water partition coefficient (Wildman–Crippen LogP) is 18.0. The minimum atomic E-state index is -3.80. The van der Waals surface area contributed by atoms with Crippen LogP contribution in [0.25, 0.3) is 0 Å². The summed E-state index contributed by atoms with van der Waals surface area (Å²) in [4.78, 5) is 49.2. The maximum Gasteiger partial charge on any atom is 2.00 e. The number of hydrogen-bond acceptors (Lipinski definition) is 6. The number of aryl methyl sites for hydroxylation is 2. The fourth-order valence-electron chi connectivity index (χ4n) is 9.85. The first kappa shape index (κ1) is 79.4. The Morgan fingerprint density at radius 1 is 0.301 bits per heavy atom. The van der Waals surface area contributed by atoms with Crippen LogP contribution in [0.5, 0.6) is 0 Å². The summed E-state index contributed by atoms with van der Waals surface area (Å²) >= 11 is 9.47. The van der Waals surface area contributed by atoms with E-state index in [2.05, 4.69) is 39.8 Å². The molecule has 4 nitrogen and oxygen atoms in total. The van der Waals surface area contributed by atoms with Crippen molar-refractivity contribution in [1.82, 2.24) is 0 Å². The van der Waals surface area contributed by atoms with Gasteiger partial charge >= 0.3 is 58.4 Å². The SMILES string of the molecule is CCCCCCCCCCCCc1cccc([S+]=P([O-])([O-])[S-])c1CCCCCCCCCCCC.CCCCCCCCCCCCc1cccc([S+]=P([O-])([O-])[S-])c1CCCCCCCCCCCC.[Zn+2].[Zn+2].[Zn+2]. The minimum Gasteiger partial charge on any atom is -0.815 e. The van der Waals surface area contributed by atoms with E-state index in [1.54, 1.807) is 0 Å². The van der Waals surface area contributed by atoms with Gasteiger partial charge in [0.1, 0.15) is 21.9 Å². The summed E-state index contributed by atoms with van der Waals surface area (Å²) in [5.41, 5.74) is -2.44. The molecule has 2 aromatic carbocycles. The van der Waals surface area contributed by atoms with E-state index in [1.165, 1.54) is 266 Å². The third kappa shape index (κ3) is 49.7. The van der Waals surface area contributed by atoms with E-state index in [4.69, 9.17) is 24.5 Å². The molecule has 0 radical (unpaired) electrons. The van der Waals surface area contributed by atoms with E-state index in [1.807, 2.05) is 24.3 Å². The minimum absolute atomic E-state index is 0. The van der Waals surface area contributed by atoms with E-state index in [9.17, 15) is 19.6 Å². The normalized spacial score (nSPS) is 11.3. The van der Waals surface area contributed by atoms with Crippen LogP contribution in [-0.2, 0) is 130 Å². The third-order valence-electron chi connectivity index (χ3n) is 14.0. The summed E-state index contributed by atoms with van der Waals surface area (Å²) in [5.74, 6) is 0. The molecule has 73 heavy (non-hydrogen) atoms. The van der Waals surface area contributed by atoms with Crippen LogP contribution in [0.4, 0.5) is 0 Å². The second-order valence-electron chi connectivity index (χ2n) is 20.6. The van der Waals surface area contributed by atoms with Gasteiger partial charge in [-0.05, 0) is 62.5 Å². The topological polar surface area (TPSA) is 92.2 Å². The van der Waals surface area contributed by atoms with Gasteiger partial charge in [0.25, 0.3) is 0 Å². The summed E-state index contributed by atoms with van der Waals surface area (Å²) < 4.78 is 0. The third-order valence-corrected chi connectivity index (χ3v) is 19.5. The molecule has 0 spiro atoms. The average Bonchev–Trinajstić information content (AvgIpc) is 3.32. The monoisotopic (exact) mass is 1270 g/mol. The molecule has 0 bridgehead atoms. The van der Waals surface area contributed by atoms with Crippen molar-refractivity contribution in [3.05, 3.63) is 58.7 Å². The quantitative estimate of drug-likeness (QED) is 0.0216. The predicted molar refractivity (Wildman–Crippen MR) is 315 cm³/mol. The molecule has 0 N–H and O–H groups in total. The van der Waals surface area contributed by atoms with Crippen molar-refractivity contribution in [2.24, 2.45) is 0 Å². The molecule has 0 saturated carbocycles. The van der Waals surface area contributed by atoms with E-state index >= 15 is 0 Å². The first-order valence-corrected chi connectivity index (χ1v) is 37.7. The smallest absolute Gasteiger partial charge is 0.815 e. The molecule has 0 heterocycles. The van der Waals surface area contributed by atoms with Crippen LogP contribution in [0.15, 0.2) is 46.2 Å². The summed E-state index contributed by atoms with van der Waals surface area (Å²) in [7, 11) is 1.79. The molecule has 0 aliphatic heterocycles. The standard InChI is InChI=1S/2C30H53O2PS2.3Zn/c2*1-3-5-7-9-11-13-15-17-19-21-24-28-25-23-27-30(35-33(31,32)34)29(28)26-22-20-18-16-14-12-10-8-6-4-2;;;/h2*23,25,27H,3-22,24,26H2,1-2H3;;;/q2*-2;3*+2. The fourth-order valence-corrected chi connectivity index (χ4v) is 15.2. The summed E-state index contributed by atoms with van der Waals surface area (Å²) in [6.45, 7) is 9.08. The van der Waals surface area contributed by atoms with Crippen molar-refractivity contribution in [1.29, 1.82) is 0 Å². The zero-order valence-corrected chi connectivity index (χ0v) is 61.8.